The molecule has 1 aliphatic heterocycles. The number of nitrogens with zero attached hydrogens (tertiary/aromatic N) is 5. The van der Waals surface area contributed by atoms with Crippen molar-refractivity contribution in [3.8, 4) is 0 Å². The highest BCUT2D eigenvalue weighted by Gasteiger charge is 2.34. The summed E-state index contributed by atoms with van der Waals surface area (Å²) in [6.45, 7) is 2.59. The van der Waals surface area contributed by atoms with Gasteiger partial charge in [0.2, 0.25) is 0 Å². The van der Waals surface area contributed by atoms with E-state index in [0.717, 1.165) is 17.9 Å². The van der Waals surface area contributed by atoms with Crippen LogP contribution < -0.4 is 10.2 Å². The molecule has 0 aromatic carbocycles. The maximum atomic E-state index is 12.4. The first-order valence-electron chi connectivity index (χ1n) is 6.50. The number of carbonyl (C=O) groups excluding carboxylic acids is 1. The highest BCUT2D eigenvalue weighted by atomic mass is 16.2. The van der Waals surface area contributed by atoms with Crippen LogP contribution in [0.1, 0.15) is 12.1 Å². The monoisotopic (exact) mass is 272 g/mol. The summed E-state index contributed by atoms with van der Waals surface area (Å²) in [5.74, 6) is 1.49. The van der Waals surface area contributed by atoms with E-state index in [1.807, 2.05) is 20.0 Å². The van der Waals surface area contributed by atoms with Crippen molar-refractivity contribution < 1.29 is 4.79 Å². The molecule has 0 spiro atoms. The lowest BCUT2D eigenvalue weighted by Crippen LogP contribution is -2.34. The molecule has 1 unspecified atom stereocenters. The van der Waals surface area contributed by atoms with Crippen LogP contribution in [0.2, 0.25) is 0 Å². The van der Waals surface area contributed by atoms with Gasteiger partial charge >= 0.3 is 0 Å². The van der Waals surface area contributed by atoms with Gasteiger partial charge in [0, 0.05) is 32.1 Å². The Morgan fingerprint density at radius 3 is 2.90 bits per heavy atom. The number of nitrogens with one attached hydrogen (secondary N) is 1. The molecule has 1 N–H and O–H groups in total. The van der Waals surface area contributed by atoms with Crippen molar-refractivity contribution in [2.24, 2.45) is 7.05 Å². The van der Waals surface area contributed by atoms with Gasteiger partial charge in [0.15, 0.2) is 0 Å². The molecule has 3 heterocycles. The van der Waals surface area contributed by atoms with Crippen molar-refractivity contribution in [2.75, 3.05) is 16.8 Å². The molecule has 3 rings (SSSR count). The zero-order chi connectivity index (χ0) is 14.1. The number of amides is 1. The zero-order valence-electron chi connectivity index (χ0n) is 11.4. The van der Waals surface area contributed by atoms with Gasteiger partial charge in [-0.2, -0.15) is 5.10 Å². The molecule has 7 nitrogen and oxygen atoms in total. The number of rotatable bonds is 3. The van der Waals surface area contributed by atoms with Crippen LogP contribution in [-0.4, -0.2) is 38.2 Å². The maximum absolute atomic E-state index is 12.4. The van der Waals surface area contributed by atoms with Gasteiger partial charge < -0.3 is 5.32 Å². The third-order valence-electron chi connectivity index (χ3n) is 3.34. The van der Waals surface area contributed by atoms with Crippen molar-refractivity contribution in [2.45, 2.75) is 19.4 Å². The second-order valence-corrected chi connectivity index (χ2v) is 4.83. The summed E-state index contributed by atoms with van der Waals surface area (Å²) >= 11 is 0. The molecule has 0 bridgehead atoms. The first kappa shape index (κ1) is 12.6. The van der Waals surface area contributed by atoms with Crippen molar-refractivity contribution in [3.63, 3.8) is 0 Å². The summed E-state index contributed by atoms with van der Waals surface area (Å²) in [5, 5.41) is 7.40. The van der Waals surface area contributed by atoms with Crippen LogP contribution in [0, 0.1) is 6.92 Å². The van der Waals surface area contributed by atoms with Gasteiger partial charge in [-0.15, -0.1) is 0 Å². The molecule has 1 atom stereocenters. The summed E-state index contributed by atoms with van der Waals surface area (Å²) in [4.78, 5) is 22.3. The Bertz CT molecular complexity index is 623. The molecular formula is C13H16N6O. The Hall–Kier alpha value is -2.44. The van der Waals surface area contributed by atoms with Crippen molar-refractivity contribution in [3.05, 3.63) is 30.4 Å². The highest BCUT2D eigenvalue weighted by molar-refractivity contribution is 6.00. The van der Waals surface area contributed by atoms with E-state index in [4.69, 9.17) is 0 Å². The van der Waals surface area contributed by atoms with Crippen LogP contribution >= 0.6 is 0 Å². The van der Waals surface area contributed by atoms with Gasteiger partial charge in [0.25, 0.3) is 5.91 Å². The van der Waals surface area contributed by atoms with E-state index in [-0.39, 0.29) is 11.9 Å². The molecule has 0 saturated carbocycles. The second kappa shape index (κ2) is 4.92. The number of aromatic nitrogens is 4. The average Bonchev–Trinajstić information content (AvgIpc) is 2.94. The maximum Gasteiger partial charge on any atom is 0.250 e. The third-order valence-corrected chi connectivity index (χ3v) is 3.34. The summed E-state index contributed by atoms with van der Waals surface area (Å²) in [6, 6.07) is 1.66. The predicted molar refractivity (Wildman–Crippen MR) is 74.4 cm³/mol. The zero-order valence-corrected chi connectivity index (χ0v) is 11.4. The Morgan fingerprint density at radius 2 is 2.25 bits per heavy atom. The topological polar surface area (TPSA) is 75.9 Å². The van der Waals surface area contributed by atoms with E-state index in [1.165, 1.54) is 0 Å². The van der Waals surface area contributed by atoms with Gasteiger partial charge in [-0.25, -0.2) is 4.98 Å². The van der Waals surface area contributed by atoms with Crippen LogP contribution in [0.5, 0.6) is 0 Å². The lowest BCUT2D eigenvalue weighted by molar-refractivity contribution is -0.117. The summed E-state index contributed by atoms with van der Waals surface area (Å²) in [6.07, 6.45) is 5.56. The molecule has 104 valence electrons. The SMILES string of the molecule is Cc1cc(N2CCC(Nc3cnccn3)C2=O)n(C)n1. The molecule has 0 radical (unpaired) electrons. The summed E-state index contributed by atoms with van der Waals surface area (Å²) in [7, 11) is 1.85. The van der Waals surface area contributed by atoms with E-state index in [1.54, 1.807) is 28.2 Å². The third kappa shape index (κ3) is 2.22. The number of anilines is 2. The van der Waals surface area contributed by atoms with E-state index in [9.17, 15) is 4.79 Å². The van der Waals surface area contributed by atoms with Crippen LogP contribution in [-0.2, 0) is 11.8 Å². The second-order valence-electron chi connectivity index (χ2n) is 4.83. The van der Waals surface area contributed by atoms with Crippen molar-refractivity contribution in [1.82, 2.24) is 19.7 Å². The van der Waals surface area contributed by atoms with Crippen LogP contribution in [0.4, 0.5) is 11.6 Å². The predicted octanol–water partition coefficient (Wildman–Crippen LogP) is 0.736. The molecule has 7 heteroatoms. The molecule has 20 heavy (non-hydrogen) atoms. The lowest BCUT2D eigenvalue weighted by atomic mass is 10.2. The Balaban J connectivity index is 1.76. The molecule has 1 fully saturated rings. The van der Waals surface area contributed by atoms with Crippen molar-refractivity contribution in [1.29, 1.82) is 0 Å². The van der Waals surface area contributed by atoms with Gasteiger partial charge in [0.05, 0.1) is 11.9 Å². The smallest absolute Gasteiger partial charge is 0.250 e. The van der Waals surface area contributed by atoms with Crippen LogP contribution in [0.25, 0.3) is 0 Å². The number of hydrogen-bond donors (Lipinski definition) is 1. The Labute approximate surface area is 116 Å². The Kier molecular flexibility index (Phi) is 3.09. The molecule has 1 amide bonds. The number of carbonyl (C=O) groups is 1. The fraction of sp³-hybridized carbons (Fsp3) is 0.385. The molecule has 2 aromatic rings. The van der Waals surface area contributed by atoms with E-state index >= 15 is 0 Å². The van der Waals surface area contributed by atoms with Gasteiger partial charge in [0.1, 0.15) is 17.7 Å². The molecule has 2 aromatic heterocycles. The summed E-state index contributed by atoms with van der Waals surface area (Å²) in [5.41, 5.74) is 0.903. The van der Waals surface area contributed by atoms with Crippen LogP contribution in [0.15, 0.2) is 24.7 Å². The highest BCUT2D eigenvalue weighted by Crippen LogP contribution is 2.23. The minimum atomic E-state index is -0.262. The summed E-state index contributed by atoms with van der Waals surface area (Å²) < 4.78 is 1.73. The standard InChI is InChI=1S/C13H16N6O/c1-9-7-12(18(2)17-9)19-6-3-10(13(19)20)16-11-8-14-4-5-15-11/h4-5,7-8,10H,3,6H2,1-2H3,(H,15,16). The largest absolute Gasteiger partial charge is 0.357 e. The molecule has 1 saturated heterocycles. The normalized spacial score (nSPS) is 18.6. The number of hydrogen-bond acceptors (Lipinski definition) is 5. The fourth-order valence-electron chi connectivity index (χ4n) is 2.44. The first-order valence-corrected chi connectivity index (χ1v) is 6.50. The van der Waals surface area contributed by atoms with Gasteiger partial charge in [-0.1, -0.05) is 0 Å². The molecule has 1 aliphatic rings. The van der Waals surface area contributed by atoms with Gasteiger partial charge in [-0.05, 0) is 13.3 Å². The minimum absolute atomic E-state index is 0.0404. The molecule has 0 aliphatic carbocycles. The van der Waals surface area contributed by atoms with E-state index in [2.05, 4.69) is 20.4 Å². The minimum Gasteiger partial charge on any atom is -0.357 e. The fourth-order valence-corrected chi connectivity index (χ4v) is 2.44. The molecular weight excluding hydrogens is 256 g/mol. The average molecular weight is 272 g/mol. The van der Waals surface area contributed by atoms with Crippen molar-refractivity contribution >= 4 is 17.5 Å². The number of aryl methyl sites for hydroxylation is 2. The van der Waals surface area contributed by atoms with E-state index < -0.39 is 0 Å². The van der Waals surface area contributed by atoms with E-state index in [0.29, 0.717) is 12.4 Å². The van der Waals surface area contributed by atoms with Crippen LogP contribution in [0.3, 0.4) is 0 Å². The quantitative estimate of drug-likeness (QED) is 0.891. The van der Waals surface area contributed by atoms with Gasteiger partial charge in [-0.3, -0.25) is 19.4 Å². The first-order chi connectivity index (χ1) is 9.65. The Morgan fingerprint density at radius 1 is 1.40 bits per heavy atom. The lowest BCUT2D eigenvalue weighted by Gasteiger charge is -2.17.